The third-order valence-corrected chi connectivity index (χ3v) is 6.40. The first-order valence-corrected chi connectivity index (χ1v) is 10.7. The molecule has 1 aliphatic heterocycles. The van der Waals surface area contributed by atoms with Crippen LogP contribution in [0.2, 0.25) is 0 Å². The largest absolute Gasteiger partial charge is 0.316 e. The van der Waals surface area contributed by atoms with Gasteiger partial charge in [0.15, 0.2) is 9.84 Å². The Morgan fingerprint density at radius 3 is 2.53 bits per heavy atom. The third kappa shape index (κ3) is 6.72. The SMILES string of the molecule is CCCNCC(CCS(C)(=O)=O)C1CCS(=O)(=O)C1. The van der Waals surface area contributed by atoms with Gasteiger partial charge in [0.25, 0.3) is 0 Å². The molecule has 5 nitrogen and oxygen atoms in total. The van der Waals surface area contributed by atoms with Gasteiger partial charge in [-0.2, -0.15) is 0 Å². The summed E-state index contributed by atoms with van der Waals surface area (Å²) in [5, 5.41) is 3.29. The van der Waals surface area contributed by atoms with E-state index in [0.717, 1.165) is 13.0 Å². The Morgan fingerprint density at radius 2 is 2.05 bits per heavy atom. The summed E-state index contributed by atoms with van der Waals surface area (Å²) in [5.41, 5.74) is 0. The third-order valence-electron chi connectivity index (χ3n) is 3.63. The Bertz CT molecular complexity index is 470. The lowest BCUT2D eigenvalue weighted by atomic mass is 9.89. The second kappa shape index (κ2) is 7.04. The van der Waals surface area contributed by atoms with Crippen LogP contribution in [0.4, 0.5) is 0 Å². The molecule has 1 saturated heterocycles. The molecule has 19 heavy (non-hydrogen) atoms. The first kappa shape index (κ1) is 16.9. The number of hydrogen-bond donors (Lipinski definition) is 1. The van der Waals surface area contributed by atoms with Gasteiger partial charge in [-0.15, -0.1) is 0 Å². The molecular weight excluding hydrogens is 286 g/mol. The maximum Gasteiger partial charge on any atom is 0.150 e. The molecule has 0 radical (unpaired) electrons. The predicted molar refractivity (Wildman–Crippen MR) is 77.7 cm³/mol. The second-order valence-electron chi connectivity index (χ2n) is 5.55. The summed E-state index contributed by atoms with van der Waals surface area (Å²) in [6.07, 6.45) is 3.47. The maximum atomic E-state index is 11.5. The van der Waals surface area contributed by atoms with Crippen LogP contribution in [0.5, 0.6) is 0 Å². The summed E-state index contributed by atoms with van der Waals surface area (Å²) in [4.78, 5) is 0. The molecule has 0 bridgehead atoms. The van der Waals surface area contributed by atoms with Crippen molar-refractivity contribution in [3.05, 3.63) is 0 Å². The van der Waals surface area contributed by atoms with Crippen molar-refractivity contribution in [2.24, 2.45) is 11.8 Å². The highest BCUT2D eigenvalue weighted by molar-refractivity contribution is 7.91. The van der Waals surface area contributed by atoms with Crippen molar-refractivity contribution in [3.8, 4) is 0 Å². The highest BCUT2D eigenvalue weighted by Crippen LogP contribution is 2.28. The van der Waals surface area contributed by atoms with Gasteiger partial charge in [0.2, 0.25) is 0 Å². The molecule has 1 fully saturated rings. The zero-order chi connectivity index (χ0) is 14.5. The molecule has 0 aromatic rings. The zero-order valence-electron chi connectivity index (χ0n) is 11.8. The van der Waals surface area contributed by atoms with E-state index < -0.39 is 19.7 Å². The van der Waals surface area contributed by atoms with Crippen molar-refractivity contribution in [2.45, 2.75) is 26.2 Å². The van der Waals surface area contributed by atoms with Gasteiger partial charge in [-0.25, -0.2) is 16.8 Å². The Balaban J connectivity index is 2.58. The fourth-order valence-corrected chi connectivity index (χ4v) is 5.18. The molecule has 1 rings (SSSR count). The van der Waals surface area contributed by atoms with Crippen molar-refractivity contribution in [3.63, 3.8) is 0 Å². The minimum Gasteiger partial charge on any atom is -0.316 e. The van der Waals surface area contributed by atoms with E-state index in [2.05, 4.69) is 12.2 Å². The average Bonchev–Trinajstić information content (AvgIpc) is 2.62. The standard InChI is InChI=1S/C12H25NO4S2/c1-3-6-13-9-11(4-7-18(2,14)15)12-5-8-19(16,17)10-12/h11-13H,3-10H2,1-2H3. The molecule has 2 unspecified atom stereocenters. The fourth-order valence-electron chi connectivity index (χ4n) is 2.53. The van der Waals surface area contributed by atoms with Crippen LogP contribution in [0, 0.1) is 11.8 Å². The quantitative estimate of drug-likeness (QED) is 0.659. The van der Waals surface area contributed by atoms with Crippen LogP contribution in [-0.2, 0) is 19.7 Å². The maximum absolute atomic E-state index is 11.5. The van der Waals surface area contributed by atoms with E-state index in [9.17, 15) is 16.8 Å². The molecule has 0 aliphatic carbocycles. The molecule has 7 heteroatoms. The van der Waals surface area contributed by atoms with E-state index in [1.807, 2.05) is 0 Å². The zero-order valence-corrected chi connectivity index (χ0v) is 13.4. The predicted octanol–water partition coefficient (Wildman–Crippen LogP) is 0.472. The number of nitrogens with one attached hydrogen (secondary N) is 1. The first-order chi connectivity index (χ1) is 8.73. The highest BCUT2D eigenvalue weighted by Gasteiger charge is 2.33. The van der Waals surface area contributed by atoms with Crippen LogP contribution in [-0.4, -0.2) is 53.4 Å². The van der Waals surface area contributed by atoms with Gasteiger partial charge in [-0.1, -0.05) is 6.92 Å². The molecule has 0 spiro atoms. The van der Waals surface area contributed by atoms with E-state index in [1.54, 1.807) is 0 Å². The van der Waals surface area contributed by atoms with Gasteiger partial charge in [-0.05, 0) is 44.2 Å². The summed E-state index contributed by atoms with van der Waals surface area (Å²) in [6.45, 7) is 3.66. The Morgan fingerprint density at radius 1 is 1.37 bits per heavy atom. The molecule has 2 atom stereocenters. The summed E-state index contributed by atoms with van der Waals surface area (Å²) in [5.74, 6) is 0.854. The number of rotatable bonds is 8. The average molecular weight is 311 g/mol. The van der Waals surface area contributed by atoms with Crippen LogP contribution in [0.15, 0.2) is 0 Å². The summed E-state index contributed by atoms with van der Waals surface area (Å²) in [7, 11) is -5.89. The van der Waals surface area contributed by atoms with Gasteiger partial charge in [0, 0.05) is 6.26 Å². The minimum atomic E-state index is -2.99. The van der Waals surface area contributed by atoms with Crippen molar-refractivity contribution in [2.75, 3.05) is 36.6 Å². The lowest BCUT2D eigenvalue weighted by molar-refractivity contribution is 0.337. The summed E-state index contributed by atoms with van der Waals surface area (Å²) < 4.78 is 45.6. The topological polar surface area (TPSA) is 80.3 Å². The van der Waals surface area contributed by atoms with Crippen LogP contribution in [0.25, 0.3) is 0 Å². The van der Waals surface area contributed by atoms with E-state index in [0.29, 0.717) is 19.4 Å². The van der Waals surface area contributed by atoms with Crippen LogP contribution in [0.3, 0.4) is 0 Å². The molecule has 114 valence electrons. The Kier molecular flexibility index (Phi) is 6.26. The van der Waals surface area contributed by atoms with E-state index >= 15 is 0 Å². The van der Waals surface area contributed by atoms with Gasteiger partial charge < -0.3 is 5.32 Å². The number of hydrogen-bond acceptors (Lipinski definition) is 5. The molecule has 1 heterocycles. The molecule has 1 aliphatic rings. The molecule has 0 amide bonds. The van der Waals surface area contributed by atoms with Crippen LogP contribution >= 0.6 is 0 Å². The van der Waals surface area contributed by atoms with Gasteiger partial charge in [-0.3, -0.25) is 0 Å². The fraction of sp³-hybridized carbons (Fsp3) is 1.00. The van der Waals surface area contributed by atoms with Gasteiger partial charge >= 0.3 is 0 Å². The van der Waals surface area contributed by atoms with E-state index in [-0.39, 0.29) is 29.1 Å². The summed E-state index contributed by atoms with van der Waals surface area (Å²) in [6, 6.07) is 0. The lowest BCUT2D eigenvalue weighted by Crippen LogP contribution is -2.31. The van der Waals surface area contributed by atoms with Gasteiger partial charge in [0.1, 0.15) is 9.84 Å². The van der Waals surface area contributed by atoms with Crippen molar-refractivity contribution in [1.82, 2.24) is 5.32 Å². The smallest absolute Gasteiger partial charge is 0.150 e. The van der Waals surface area contributed by atoms with E-state index in [1.165, 1.54) is 6.26 Å². The normalized spacial score (nSPS) is 24.4. The van der Waals surface area contributed by atoms with E-state index in [4.69, 9.17) is 0 Å². The molecule has 1 N–H and O–H groups in total. The molecular formula is C12H25NO4S2. The monoisotopic (exact) mass is 311 g/mol. The second-order valence-corrected chi connectivity index (χ2v) is 10.0. The Labute approximate surface area is 117 Å². The summed E-state index contributed by atoms with van der Waals surface area (Å²) >= 11 is 0. The van der Waals surface area contributed by atoms with Crippen molar-refractivity contribution >= 4 is 19.7 Å². The molecule has 0 saturated carbocycles. The minimum absolute atomic E-state index is 0.108. The van der Waals surface area contributed by atoms with Crippen molar-refractivity contribution in [1.29, 1.82) is 0 Å². The van der Waals surface area contributed by atoms with Crippen LogP contribution in [0.1, 0.15) is 26.2 Å². The Hall–Kier alpha value is -0.140. The highest BCUT2D eigenvalue weighted by atomic mass is 32.2. The molecule has 0 aromatic carbocycles. The molecule has 0 aromatic heterocycles. The lowest BCUT2D eigenvalue weighted by Gasteiger charge is -2.22. The first-order valence-electron chi connectivity index (χ1n) is 6.82. The van der Waals surface area contributed by atoms with Crippen LogP contribution < -0.4 is 5.32 Å². The van der Waals surface area contributed by atoms with Crippen molar-refractivity contribution < 1.29 is 16.8 Å². The van der Waals surface area contributed by atoms with Gasteiger partial charge in [0.05, 0.1) is 17.3 Å². The number of sulfone groups is 2.